The molecule has 0 saturated carbocycles. The Morgan fingerprint density at radius 2 is 2.00 bits per heavy atom. The lowest BCUT2D eigenvalue weighted by Crippen LogP contribution is -2.28. The van der Waals surface area contributed by atoms with E-state index in [-0.39, 0.29) is 17.2 Å². The fourth-order valence-electron chi connectivity index (χ4n) is 1.46. The van der Waals surface area contributed by atoms with Crippen molar-refractivity contribution in [3.63, 3.8) is 0 Å². The van der Waals surface area contributed by atoms with Crippen LogP contribution in [-0.4, -0.2) is 10.7 Å². The van der Waals surface area contributed by atoms with E-state index in [0.717, 1.165) is 6.07 Å². The molecular weight excluding hydrogens is 337 g/mol. The molecule has 0 spiro atoms. The maximum absolute atomic E-state index is 12.9. The summed E-state index contributed by atoms with van der Waals surface area (Å²) in [6, 6.07) is 4.66. The third kappa shape index (κ3) is 3.97. The number of hydrogen-bond acceptors (Lipinski definition) is 2. The van der Waals surface area contributed by atoms with Gasteiger partial charge in [0, 0.05) is 0 Å². The zero-order chi connectivity index (χ0) is 15.5. The molecule has 7 heteroatoms. The molecular formula is C13H12BrF3N2O. The highest BCUT2D eigenvalue weighted by atomic mass is 79.9. The van der Waals surface area contributed by atoms with Crippen LogP contribution in [0.1, 0.15) is 25.0 Å². The topological polar surface area (TPSA) is 52.9 Å². The van der Waals surface area contributed by atoms with Crippen LogP contribution in [0.3, 0.4) is 0 Å². The van der Waals surface area contributed by atoms with Crippen molar-refractivity contribution in [3.05, 3.63) is 29.3 Å². The van der Waals surface area contributed by atoms with Crippen molar-refractivity contribution in [1.29, 1.82) is 5.26 Å². The summed E-state index contributed by atoms with van der Waals surface area (Å²) >= 11 is 3.12. The van der Waals surface area contributed by atoms with Gasteiger partial charge in [-0.2, -0.15) is 18.4 Å². The van der Waals surface area contributed by atoms with Gasteiger partial charge in [0.25, 0.3) is 0 Å². The highest BCUT2D eigenvalue weighted by molar-refractivity contribution is 9.10. The number of carbonyl (C=O) groups is 1. The molecule has 0 saturated heterocycles. The molecule has 0 aliphatic carbocycles. The van der Waals surface area contributed by atoms with Crippen LogP contribution in [0.2, 0.25) is 0 Å². The minimum atomic E-state index is -4.64. The molecule has 1 aromatic rings. The first kappa shape index (κ1) is 16.5. The number of hydrogen-bond donors (Lipinski definition) is 1. The predicted octanol–water partition coefficient (Wildman–Crippen LogP) is 3.94. The van der Waals surface area contributed by atoms with Crippen LogP contribution >= 0.6 is 15.9 Å². The summed E-state index contributed by atoms with van der Waals surface area (Å²) in [6.07, 6.45) is -4.64. The zero-order valence-electron chi connectivity index (χ0n) is 10.8. The van der Waals surface area contributed by atoms with Gasteiger partial charge in [-0.15, -0.1) is 0 Å². The number of nitrogens with zero attached hydrogens (tertiary/aromatic N) is 1. The van der Waals surface area contributed by atoms with Gasteiger partial charge in [0.2, 0.25) is 5.91 Å². The highest BCUT2D eigenvalue weighted by Crippen LogP contribution is 2.35. The van der Waals surface area contributed by atoms with Crippen molar-refractivity contribution in [2.75, 3.05) is 5.32 Å². The molecule has 108 valence electrons. The Labute approximate surface area is 122 Å². The Balaban J connectivity index is 3.13. The standard InChI is InChI=1S/C13H12BrF3N2O/c1-7(2)11(14)12(20)19-10-4-3-8(6-18)5-9(10)13(15,16)17/h3-5,7,11H,1-2H3,(H,19,20). The quantitative estimate of drug-likeness (QED) is 0.841. The molecule has 1 aromatic carbocycles. The van der Waals surface area contributed by atoms with Gasteiger partial charge in [-0.3, -0.25) is 4.79 Å². The molecule has 0 aliphatic rings. The molecule has 3 nitrogen and oxygen atoms in total. The average Bonchev–Trinajstić information content (AvgIpc) is 2.36. The predicted molar refractivity (Wildman–Crippen MR) is 72.3 cm³/mol. The first-order chi connectivity index (χ1) is 9.16. The van der Waals surface area contributed by atoms with Crippen LogP contribution in [0.25, 0.3) is 0 Å². The van der Waals surface area contributed by atoms with Crippen molar-refractivity contribution in [2.45, 2.75) is 24.9 Å². The molecule has 0 heterocycles. The summed E-state index contributed by atoms with van der Waals surface area (Å²) in [5.74, 6) is -0.627. The molecule has 1 unspecified atom stereocenters. The Bertz CT molecular complexity index is 550. The fourth-order valence-corrected chi connectivity index (χ4v) is 1.58. The Morgan fingerprint density at radius 1 is 1.40 bits per heavy atom. The second-order valence-electron chi connectivity index (χ2n) is 4.50. The molecule has 0 fully saturated rings. The first-order valence-electron chi connectivity index (χ1n) is 5.73. The number of amides is 1. The van der Waals surface area contributed by atoms with Gasteiger partial charge in [-0.25, -0.2) is 0 Å². The second-order valence-corrected chi connectivity index (χ2v) is 5.49. The zero-order valence-corrected chi connectivity index (χ0v) is 12.3. The van der Waals surface area contributed by atoms with E-state index in [0.29, 0.717) is 6.07 Å². The maximum Gasteiger partial charge on any atom is 0.418 e. The molecule has 20 heavy (non-hydrogen) atoms. The first-order valence-corrected chi connectivity index (χ1v) is 6.64. The summed E-state index contributed by atoms with van der Waals surface area (Å²) in [4.78, 5) is 11.2. The molecule has 1 amide bonds. The Kier molecular flexibility index (Phi) is 5.17. The lowest BCUT2D eigenvalue weighted by Gasteiger charge is -2.17. The summed E-state index contributed by atoms with van der Waals surface area (Å²) in [5.41, 5.74) is -1.51. The average molecular weight is 349 g/mol. The highest BCUT2D eigenvalue weighted by Gasteiger charge is 2.34. The molecule has 1 atom stereocenters. The number of rotatable bonds is 3. The van der Waals surface area contributed by atoms with Crippen molar-refractivity contribution >= 4 is 27.5 Å². The Morgan fingerprint density at radius 3 is 2.45 bits per heavy atom. The van der Waals surface area contributed by atoms with Crippen molar-refractivity contribution in [1.82, 2.24) is 0 Å². The smallest absolute Gasteiger partial charge is 0.325 e. The summed E-state index contributed by atoms with van der Waals surface area (Å²) in [5, 5.41) is 10.9. The molecule has 0 aromatic heterocycles. The molecule has 0 aliphatic heterocycles. The summed E-state index contributed by atoms with van der Waals surface area (Å²) in [6.45, 7) is 3.53. The van der Waals surface area contributed by atoms with Crippen LogP contribution in [0.4, 0.5) is 18.9 Å². The third-order valence-electron chi connectivity index (χ3n) is 2.55. The van der Waals surface area contributed by atoms with Gasteiger partial charge in [0.1, 0.15) is 0 Å². The van der Waals surface area contributed by atoms with Gasteiger partial charge in [-0.05, 0) is 24.1 Å². The van der Waals surface area contributed by atoms with E-state index in [4.69, 9.17) is 5.26 Å². The number of halogens is 4. The number of nitriles is 1. The van der Waals surface area contributed by atoms with Crippen molar-refractivity contribution < 1.29 is 18.0 Å². The maximum atomic E-state index is 12.9. The van der Waals surface area contributed by atoms with Crippen LogP contribution in [0.15, 0.2) is 18.2 Å². The van der Waals surface area contributed by atoms with Gasteiger partial charge in [-0.1, -0.05) is 29.8 Å². The SMILES string of the molecule is CC(C)C(Br)C(=O)Nc1ccc(C#N)cc1C(F)(F)F. The van der Waals surface area contributed by atoms with Gasteiger partial charge in [0.15, 0.2) is 0 Å². The molecule has 0 radical (unpaired) electrons. The van der Waals surface area contributed by atoms with E-state index < -0.39 is 22.5 Å². The summed E-state index contributed by atoms with van der Waals surface area (Å²) in [7, 11) is 0. The number of carbonyl (C=O) groups excluding carboxylic acids is 1. The number of benzene rings is 1. The monoisotopic (exact) mass is 348 g/mol. The van der Waals surface area contributed by atoms with Crippen LogP contribution < -0.4 is 5.32 Å². The molecule has 0 bridgehead atoms. The summed E-state index contributed by atoms with van der Waals surface area (Å²) < 4.78 is 38.7. The number of alkyl halides is 4. The van der Waals surface area contributed by atoms with E-state index in [1.54, 1.807) is 19.9 Å². The second kappa shape index (κ2) is 6.27. The van der Waals surface area contributed by atoms with E-state index in [2.05, 4.69) is 21.2 Å². The van der Waals surface area contributed by atoms with Crippen LogP contribution in [0.5, 0.6) is 0 Å². The molecule has 1 rings (SSSR count). The fraction of sp³-hybridized carbons (Fsp3) is 0.385. The minimum absolute atomic E-state index is 0.0669. The largest absolute Gasteiger partial charge is 0.418 e. The van der Waals surface area contributed by atoms with Gasteiger partial charge in [0.05, 0.1) is 27.7 Å². The minimum Gasteiger partial charge on any atom is -0.325 e. The van der Waals surface area contributed by atoms with E-state index >= 15 is 0 Å². The lowest BCUT2D eigenvalue weighted by atomic mass is 10.1. The third-order valence-corrected chi connectivity index (χ3v) is 4.02. The number of nitrogens with one attached hydrogen (secondary N) is 1. The van der Waals surface area contributed by atoms with E-state index in [1.165, 1.54) is 6.07 Å². The van der Waals surface area contributed by atoms with Crippen molar-refractivity contribution in [2.24, 2.45) is 5.92 Å². The Hall–Kier alpha value is -1.55. The van der Waals surface area contributed by atoms with Gasteiger partial charge >= 0.3 is 6.18 Å². The van der Waals surface area contributed by atoms with E-state index in [1.807, 2.05) is 0 Å². The number of anilines is 1. The molecule has 1 N–H and O–H groups in total. The van der Waals surface area contributed by atoms with E-state index in [9.17, 15) is 18.0 Å². The van der Waals surface area contributed by atoms with Gasteiger partial charge < -0.3 is 5.32 Å². The normalized spacial score (nSPS) is 12.9. The van der Waals surface area contributed by atoms with Crippen LogP contribution in [0, 0.1) is 17.2 Å². The van der Waals surface area contributed by atoms with Crippen molar-refractivity contribution in [3.8, 4) is 6.07 Å². The lowest BCUT2D eigenvalue weighted by molar-refractivity contribution is -0.137. The van der Waals surface area contributed by atoms with Crippen LogP contribution in [-0.2, 0) is 11.0 Å².